The molecule has 0 aliphatic carbocycles. The van der Waals surface area contributed by atoms with E-state index in [0.29, 0.717) is 5.56 Å². The molecule has 2 heterocycles. The van der Waals surface area contributed by atoms with Crippen LogP contribution in [0, 0.1) is 0 Å². The van der Waals surface area contributed by atoms with Crippen molar-refractivity contribution < 1.29 is 9.47 Å². The normalized spacial score (nSPS) is 15.2. The Bertz CT molecular complexity index is 790. The lowest BCUT2D eigenvalue weighted by Gasteiger charge is -2.34. The number of nitrogen functional groups attached to an aromatic ring is 2. The minimum atomic E-state index is -0.244. The van der Waals surface area contributed by atoms with Gasteiger partial charge in [0.05, 0.1) is 19.8 Å². The second kappa shape index (κ2) is 6.92. The third-order valence-corrected chi connectivity index (χ3v) is 4.61. The highest BCUT2D eigenvalue weighted by molar-refractivity contribution is 5.56. The van der Waals surface area contributed by atoms with Gasteiger partial charge in [0, 0.05) is 37.0 Å². The highest BCUT2D eigenvalue weighted by atomic mass is 16.5. The summed E-state index contributed by atoms with van der Waals surface area (Å²) in [4.78, 5) is 20.9. The molecule has 1 fully saturated rings. The van der Waals surface area contributed by atoms with Crippen molar-refractivity contribution in [2.24, 2.45) is 0 Å². The number of methoxy groups -OCH3 is 2. The second-order valence-electron chi connectivity index (χ2n) is 6.08. The summed E-state index contributed by atoms with van der Waals surface area (Å²) in [6, 6.07) is 5.81. The molecule has 1 aromatic carbocycles. The molecule has 0 unspecified atom stereocenters. The first kappa shape index (κ1) is 16.9. The number of nitrogens with one attached hydrogen (secondary N) is 1. The monoisotopic (exact) mass is 345 g/mol. The number of aromatic nitrogens is 2. The van der Waals surface area contributed by atoms with Crippen molar-refractivity contribution in [2.45, 2.75) is 18.8 Å². The van der Waals surface area contributed by atoms with Crippen LogP contribution >= 0.6 is 0 Å². The molecule has 0 saturated carbocycles. The number of rotatable bonds is 4. The van der Waals surface area contributed by atoms with Crippen LogP contribution < -0.4 is 31.4 Å². The fourth-order valence-electron chi connectivity index (χ4n) is 3.31. The van der Waals surface area contributed by atoms with Crippen molar-refractivity contribution in [1.82, 2.24) is 9.97 Å². The molecule has 0 spiro atoms. The topological polar surface area (TPSA) is 119 Å². The summed E-state index contributed by atoms with van der Waals surface area (Å²) in [7, 11) is 3.27. The van der Waals surface area contributed by atoms with Crippen molar-refractivity contribution in [3.63, 3.8) is 0 Å². The van der Waals surface area contributed by atoms with E-state index in [4.69, 9.17) is 20.9 Å². The summed E-state index contributed by atoms with van der Waals surface area (Å²) in [6.45, 7) is 1.59. The van der Waals surface area contributed by atoms with E-state index in [1.54, 1.807) is 14.2 Å². The largest absolute Gasteiger partial charge is 0.497 e. The summed E-state index contributed by atoms with van der Waals surface area (Å²) in [5.41, 5.74) is 12.8. The SMILES string of the molecule is COc1cc(OC)cc(N2CCC(c3c(N)nc(N)[nH]c3=O)CC2)c1. The van der Waals surface area contributed by atoms with Crippen molar-refractivity contribution in [1.29, 1.82) is 0 Å². The maximum atomic E-state index is 12.2. The lowest BCUT2D eigenvalue weighted by atomic mass is 9.90. The van der Waals surface area contributed by atoms with E-state index in [0.717, 1.165) is 43.1 Å². The average Bonchev–Trinajstić information content (AvgIpc) is 2.61. The smallest absolute Gasteiger partial charge is 0.257 e. The van der Waals surface area contributed by atoms with Gasteiger partial charge in [0.1, 0.15) is 17.3 Å². The van der Waals surface area contributed by atoms with E-state index in [2.05, 4.69) is 14.9 Å². The molecule has 1 aromatic heterocycles. The van der Waals surface area contributed by atoms with Gasteiger partial charge >= 0.3 is 0 Å². The first-order chi connectivity index (χ1) is 12.0. The molecule has 134 valence electrons. The summed E-state index contributed by atoms with van der Waals surface area (Å²) in [6.07, 6.45) is 1.61. The minimum absolute atomic E-state index is 0.0483. The molecular formula is C17H23N5O3. The second-order valence-corrected chi connectivity index (χ2v) is 6.08. The molecule has 0 atom stereocenters. The van der Waals surface area contributed by atoms with E-state index in [-0.39, 0.29) is 23.2 Å². The molecule has 2 aromatic rings. The maximum absolute atomic E-state index is 12.2. The zero-order valence-corrected chi connectivity index (χ0v) is 14.4. The van der Waals surface area contributed by atoms with Crippen molar-refractivity contribution in [3.8, 4) is 11.5 Å². The van der Waals surface area contributed by atoms with Gasteiger partial charge in [-0.3, -0.25) is 9.78 Å². The van der Waals surface area contributed by atoms with Crippen molar-refractivity contribution in [2.75, 3.05) is 43.7 Å². The predicted molar refractivity (Wildman–Crippen MR) is 97.4 cm³/mol. The Kier molecular flexibility index (Phi) is 4.69. The molecule has 3 rings (SSSR count). The van der Waals surface area contributed by atoms with Crippen LogP contribution in [0.25, 0.3) is 0 Å². The number of ether oxygens (including phenoxy) is 2. The quantitative estimate of drug-likeness (QED) is 0.765. The minimum Gasteiger partial charge on any atom is -0.497 e. The molecule has 5 N–H and O–H groups in total. The summed E-state index contributed by atoms with van der Waals surface area (Å²) >= 11 is 0. The van der Waals surface area contributed by atoms with Crippen LogP contribution in [0.5, 0.6) is 11.5 Å². The predicted octanol–water partition coefficient (Wildman–Crippen LogP) is 1.34. The molecule has 8 nitrogen and oxygen atoms in total. The number of nitrogens with two attached hydrogens (primary N) is 2. The number of aromatic amines is 1. The van der Waals surface area contributed by atoms with E-state index in [1.807, 2.05) is 18.2 Å². The van der Waals surface area contributed by atoms with Gasteiger partial charge in [-0.2, -0.15) is 4.98 Å². The number of anilines is 3. The summed E-state index contributed by atoms with van der Waals surface area (Å²) in [5, 5.41) is 0. The third kappa shape index (κ3) is 3.47. The third-order valence-electron chi connectivity index (χ3n) is 4.61. The highest BCUT2D eigenvalue weighted by Crippen LogP contribution is 2.34. The van der Waals surface area contributed by atoms with Gasteiger partial charge in [-0.25, -0.2) is 0 Å². The Labute approximate surface area is 145 Å². The Hall–Kier alpha value is -2.90. The first-order valence-electron chi connectivity index (χ1n) is 8.15. The van der Waals surface area contributed by atoms with Crippen LogP contribution in [-0.2, 0) is 0 Å². The number of hydrogen-bond donors (Lipinski definition) is 3. The van der Waals surface area contributed by atoms with Crippen molar-refractivity contribution in [3.05, 3.63) is 34.1 Å². The zero-order chi connectivity index (χ0) is 18.0. The summed E-state index contributed by atoms with van der Waals surface area (Å²) in [5.74, 6) is 1.84. The van der Waals surface area contributed by atoms with Gasteiger partial charge in [-0.15, -0.1) is 0 Å². The molecule has 0 bridgehead atoms. The molecule has 1 aliphatic rings. The molecular weight excluding hydrogens is 322 g/mol. The van der Waals surface area contributed by atoms with Crippen LogP contribution in [0.3, 0.4) is 0 Å². The molecule has 8 heteroatoms. The van der Waals surface area contributed by atoms with E-state index >= 15 is 0 Å². The molecule has 1 saturated heterocycles. The first-order valence-corrected chi connectivity index (χ1v) is 8.15. The summed E-state index contributed by atoms with van der Waals surface area (Å²) < 4.78 is 10.7. The Morgan fingerprint density at radius 1 is 1.12 bits per heavy atom. The van der Waals surface area contributed by atoms with E-state index in [1.165, 1.54) is 0 Å². The van der Waals surface area contributed by atoms with Gasteiger partial charge in [-0.1, -0.05) is 0 Å². The highest BCUT2D eigenvalue weighted by Gasteiger charge is 2.26. The lowest BCUT2D eigenvalue weighted by molar-refractivity contribution is 0.394. The average molecular weight is 345 g/mol. The maximum Gasteiger partial charge on any atom is 0.257 e. The van der Waals surface area contributed by atoms with Gasteiger partial charge in [-0.05, 0) is 18.8 Å². The molecule has 25 heavy (non-hydrogen) atoms. The van der Waals surface area contributed by atoms with Gasteiger partial charge in [0.15, 0.2) is 0 Å². The number of benzene rings is 1. The number of piperidine rings is 1. The number of hydrogen-bond acceptors (Lipinski definition) is 7. The van der Waals surface area contributed by atoms with E-state index in [9.17, 15) is 4.79 Å². The lowest BCUT2D eigenvalue weighted by Crippen LogP contribution is -2.35. The van der Waals surface area contributed by atoms with Crippen molar-refractivity contribution >= 4 is 17.5 Å². The van der Waals surface area contributed by atoms with Gasteiger partial charge in [0.25, 0.3) is 5.56 Å². The fraction of sp³-hybridized carbons (Fsp3) is 0.412. The molecule has 0 radical (unpaired) electrons. The Morgan fingerprint density at radius 2 is 1.72 bits per heavy atom. The standard InChI is InChI=1S/C17H23N5O3/c1-24-12-7-11(8-13(9-12)25-2)22-5-3-10(4-6-22)14-15(18)20-17(19)21-16(14)23/h7-10H,3-6H2,1-2H3,(H5,18,19,20,21,23). The molecule has 0 amide bonds. The van der Waals surface area contributed by atoms with Gasteiger partial charge < -0.3 is 25.8 Å². The molecule has 1 aliphatic heterocycles. The number of nitrogens with zero attached hydrogens (tertiary/aromatic N) is 2. The zero-order valence-electron chi connectivity index (χ0n) is 14.4. The fourth-order valence-corrected chi connectivity index (χ4v) is 3.31. The Balaban J connectivity index is 1.78. The van der Waals surface area contributed by atoms with Crippen LogP contribution in [-0.4, -0.2) is 37.3 Å². The van der Waals surface area contributed by atoms with Crippen LogP contribution in [0.15, 0.2) is 23.0 Å². The van der Waals surface area contributed by atoms with Crippen LogP contribution in [0.2, 0.25) is 0 Å². The number of H-pyrrole nitrogens is 1. The van der Waals surface area contributed by atoms with E-state index < -0.39 is 0 Å². The van der Waals surface area contributed by atoms with Crippen LogP contribution in [0.1, 0.15) is 24.3 Å². The van der Waals surface area contributed by atoms with Crippen LogP contribution in [0.4, 0.5) is 17.5 Å². The Morgan fingerprint density at radius 3 is 2.24 bits per heavy atom. The van der Waals surface area contributed by atoms with Gasteiger partial charge in [0.2, 0.25) is 5.95 Å².